The van der Waals surface area contributed by atoms with E-state index in [9.17, 15) is 9.18 Å². The van der Waals surface area contributed by atoms with E-state index in [0.717, 1.165) is 22.9 Å². The quantitative estimate of drug-likeness (QED) is 0.757. The minimum atomic E-state index is -0.582. The lowest BCUT2D eigenvalue weighted by Crippen LogP contribution is -2.09. The molecule has 0 N–H and O–H groups in total. The molecule has 0 bridgehead atoms. The Morgan fingerprint density at radius 1 is 1.17 bits per heavy atom. The number of carbonyl (C=O) groups excluding carboxylic acids is 1. The molecule has 2 aromatic rings. The van der Waals surface area contributed by atoms with Crippen LogP contribution in [0.1, 0.15) is 32.6 Å². The first-order valence-corrected chi connectivity index (χ1v) is 5.72. The van der Waals surface area contributed by atoms with Gasteiger partial charge in [-0.05, 0) is 38.0 Å². The van der Waals surface area contributed by atoms with Crippen molar-refractivity contribution in [1.82, 2.24) is 4.98 Å². The smallest absolute Gasteiger partial charge is 0.196 e. The number of hydrogen-bond acceptors (Lipinski definition) is 2. The fourth-order valence-electron chi connectivity index (χ4n) is 2.23. The van der Waals surface area contributed by atoms with Crippen molar-refractivity contribution in [3.05, 3.63) is 64.2 Å². The second kappa shape index (κ2) is 4.69. The van der Waals surface area contributed by atoms with Crippen LogP contribution in [0, 0.1) is 26.6 Å². The number of hydrogen-bond donors (Lipinski definition) is 0. The van der Waals surface area contributed by atoms with Crippen LogP contribution in [0.2, 0.25) is 0 Å². The summed E-state index contributed by atoms with van der Waals surface area (Å²) in [5, 5.41) is 0. The largest absolute Gasteiger partial charge is 0.288 e. The number of ketones is 1. The van der Waals surface area contributed by atoms with Crippen LogP contribution in [0.3, 0.4) is 0 Å². The van der Waals surface area contributed by atoms with Gasteiger partial charge in [0.25, 0.3) is 0 Å². The first-order chi connectivity index (χ1) is 8.50. The molecular formula is C15H14FNO. The van der Waals surface area contributed by atoms with Gasteiger partial charge in [-0.2, -0.15) is 0 Å². The van der Waals surface area contributed by atoms with E-state index in [4.69, 9.17) is 0 Å². The van der Waals surface area contributed by atoms with Gasteiger partial charge in [-0.15, -0.1) is 0 Å². The van der Waals surface area contributed by atoms with E-state index in [-0.39, 0.29) is 11.3 Å². The lowest BCUT2D eigenvalue weighted by molar-refractivity contribution is 0.103. The van der Waals surface area contributed by atoms with Crippen LogP contribution in [0.4, 0.5) is 4.39 Å². The molecule has 3 heteroatoms. The van der Waals surface area contributed by atoms with Crippen molar-refractivity contribution in [2.45, 2.75) is 20.8 Å². The van der Waals surface area contributed by atoms with Crippen molar-refractivity contribution >= 4 is 5.78 Å². The lowest BCUT2D eigenvalue weighted by Gasteiger charge is -2.10. The molecule has 2 rings (SSSR count). The summed E-state index contributed by atoms with van der Waals surface area (Å²) < 4.78 is 13.6. The first-order valence-electron chi connectivity index (χ1n) is 5.72. The Bertz CT molecular complexity index is 597. The number of nitrogens with zero attached hydrogens (tertiary/aromatic N) is 1. The summed E-state index contributed by atoms with van der Waals surface area (Å²) in [4.78, 5) is 16.0. The number of pyridine rings is 1. The maximum atomic E-state index is 13.6. The monoisotopic (exact) mass is 243 g/mol. The van der Waals surface area contributed by atoms with Crippen LogP contribution < -0.4 is 0 Å². The summed E-state index contributed by atoms with van der Waals surface area (Å²) in [5.41, 5.74) is 3.48. The zero-order valence-electron chi connectivity index (χ0n) is 10.6. The molecule has 1 aromatic carbocycles. The van der Waals surface area contributed by atoms with Gasteiger partial charge in [0.1, 0.15) is 0 Å². The third kappa shape index (κ3) is 2.16. The van der Waals surface area contributed by atoms with Crippen LogP contribution in [-0.4, -0.2) is 10.8 Å². The molecule has 0 atom stereocenters. The molecule has 1 aromatic heterocycles. The van der Waals surface area contributed by atoms with E-state index in [1.807, 2.05) is 32.9 Å². The summed E-state index contributed by atoms with van der Waals surface area (Å²) >= 11 is 0. The third-order valence-corrected chi connectivity index (χ3v) is 2.92. The zero-order chi connectivity index (χ0) is 13.3. The normalized spacial score (nSPS) is 10.4. The molecule has 18 heavy (non-hydrogen) atoms. The van der Waals surface area contributed by atoms with Crippen molar-refractivity contribution < 1.29 is 9.18 Å². The van der Waals surface area contributed by atoms with E-state index in [0.29, 0.717) is 5.56 Å². The van der Waals surface area contributed by atoms with Crippen LogP contribution in [0.25, 0.3) is 0 Å². The topological polar surface area (TPSA) is 30.0 Å². The van der Waals surface area contributed by atoms with Gasteiger partial charge in [-0.1, -0.05) is 17.7 Å². The molecule has 0 saturated heterocycles. The number of halogens is 1. The van der Waals surface area contributed by atoms with Crippen molar-refractivity contribution in [3.63, 3.8) is 0 Å². The predicted molar refractivity (Wildman–Crippen MR) is 68.3 cm³/mol. The van der Waals surface area contributed by atoms with E-state index >= 15 is 0 Å². The van der Waals surface area contributed by atoms with E-state index in [1.54, 1.807) is 0 Å². The fourth-order valence-corrected chi connectivity index (χ4v) is 2.23. The first kappa shape index (κ1) is 12.4. The number of aromatic nitrogens is 1. The van der Waals surface area contributed by atoms with E-state index < -0.39 is 5.82 Å². The summed E-state index contributed by atoms with van der Waals surface area (Å²) in [6.45, 7) is 5.71. The SMILES string of the molecule is Cc1cc(C)c(C(=O)c2ccncc2F)c(C)c1. The fraction of sp³-hybridized carbons (Fsp3) is 0.200. The van der Waals surface area contributed by atoms with Crippen LogP contribution in [-0.2, 0) is 0 Å². The second-order valence-electron chi connectivity index (χ2n) is 4.46. The molecule has 0 fully saturated rings. The molecule has 0 spiro atoms. The molecule has 92 valence electrons. The highest BCUT2D eigenvalue weighted by Crippen LogP contribution is 2.21. The Hall–Kier alpha value is -2.03. The van der Waals surface area contributed by atoms with Gasteiger partial charge in [0, 0.05) is 11.8 Å². The zero-order valence-corrected chi connectivity index (χ0v) is 10.6. The average molecular weight is 243 g/mol. The van der Waals surface area contributed by atoms with Gasteiger partial charge in [0.15, 0.2) is 11.6 Å². The summed E-state index contributed by atoms with van der Waals surface area (Å²) in [6, 6.07) is 5.27. The molecule has 0 unspecified atom stereocenters. The Labute approximate surface area is 105 Å². The number of benzene rings is 1. The second-order valence-corrected chi connectivity index (χ2v) is 4.46. The lowest BCUT2D eigenvalue weighted by atomic mass is 9.93. The highest BCUT2D eigenvalue weighted by Gasteiger charge is 2.18. The van der Waals surface area contributed by atoms with Crippen molar-refractivity contribution in [2.75, 3.05) is 0 Å². The molecule has 2 nitrogen and oxygen atoms in total. The van der Waals surface area contributed by atoms with Crippen molar-refractivity contribution in [1.29, 1.82) is 0 Å². The molecule has 0 saturated carbocycles. The minimum Gasteiger partial charge on any atom is -0.288 e. The van der Waals surface area contributed by atoms with Gasteiger partial charge in [-0.3, -0.25) is 9.78 Å². The molecule has 0 radical (unpaired) electrons. The number of rotatable bonds is 2. The molecule has 0 amide bonds. The van der Waals surface area contributed by atoms with Gasteiger partial charge < -0.3 is 0 Å². The maximum absolute atomic E-state index is 13.6. The molecule has 1 heterocycles. The standard InChI is InChI=1S/C15H14FNO/c1-9-6-10(2)14(11(3)7-9)15(18)12-4-5-17-8-13(12)16/h4-8H,1-3H3. The Morgan fingerprint density at radius 3 is 2.33 bits per heavy atom. The minimum absolute atomic E-state index is 0.0695. The van der Waals surface area contributed by atoms with E-state index in [1.165, 1.54) is 12.3 Å². The average Bonchev–Trinajstić information content (AvgIpc) is 2.27. The highest BCUT2D eigenvalue weighted by molar-refractivity contribution is 6.10. The maximum Gasteiger partial charge on any atom is 0.196 e. The van der Waals surface area contributed by atoms with Crippen LogP contribution in [0.5, 0.6) is 0 Å². The Balaban J connectivity index is 2.57. The van der Waals surface area contributed by atoms with Crippen molar-refractivity contribution in [2.24, 2.45) is 0 Å². The van der Waals surface area contributed by atoms with Crippen LogP contribution >= 0.6 is 0 Å². The number of carbonyl (C=O) groups is 1. The third-order valence-electron chi connectivity index (χ3n) is 2.92. The van der Waals surface area contributed by atoms with Crippen molar-refractivity contribution in [3.8, 4) is 0 Å². The summed E-state index contributed by atoms with van der Waals surface area (Å²) in [7, 11) is 0. The Morgan fingerprint density at radius 2 is 1.78 bits per heavy atom. The van der Waals surface area contributed by atoms with Gasteiger partial charge in [0.05, 0.1) is 11.8 Å². The molecule has 0 aliphatic heterocycles. The van der Waals surface area contributed by atoms with Gasteiger partial charge >= 0.3 is 0 Å². The molecule has 0 aliphatic rings. The summed E-state index contributed by atoms with van der Waals surface area (Å²) in [6.07, 6.45) is 2.49. The molecular weight excluding hydrogens is 229 g/mol. The van der Waals surface area contributed by atoms with Crippen LogP contribution in [0.15, 0.2) is 30.6 Å². The summed E-state index contributed by atoms with van der Waals surface area (Å²) in [5.74, 6) is -0.869. The van der Waals surface area contributed by atoms with Gasteiger partial charge in [-0.25, -0.2) is 4.39 Å². The van der Waals surface area contributed by atoms with Gasteiger partial charge in [0.2, 0.25) is 0 Å². The highest BCUT2D eigenvalue weighted by atomic mass is 19.1. The van der Waals surface area contributed by atoms with E-state index in [2.05, 4.69) is 4.98 Å². The predicted octanol–water partition coefficient (Wildman–Crippen LogP) is 3.38. The molecule has 0 aliphatic carbocycles. The number of aryl methyl sites for hydroxylation is 3. The Kier molecular flexibility index (Phi) is 3.24.